The quantitative estimate of drug-likeness (QED) is 0.186. The van der Waals surface area contributed by atoms with E-state index < -0.39 is 130 Å². The third-order valence-corrected chi connectivity index (χ3v) is 14.6. The molecule has 17 nitrogen and oxygen atoms in total. The first-order valence-corrected chi connectivity index (χ1v) is 19.4. The van der Waals surface area contributed by atoms with Crippen molar-refractivity contribution in [2.75, 3.05) is 14.2 Å². The number of aliphatic hydroxyl groups is 2. The molecule has 316 valence electrons. The van der Waals surface area contributed by atoms with Gasteiger partial charge in [-0.05, 0) is 38.7 Å². The van der Waals surface area contributed by atoms with Gasteiger partial charge in [0.25, 0.3) is 5.97 Å². The van der Waals surface area contributed by atoms with Crippen molar-refractivity contribution in [3.8, 4) is 0 Å². The molecule has 6 aliphatic rings. The van der Waals surface area contributed by atoms with Crippen LogP contribution in [-0.4, -0.2) is 114 Å². The maximum absolute atomic E-state index is 14.1. The highest BCUT2D eigenvalue weighted by Crippen LogP contribution is 2.79. The van der Waals surface area contributed by atoms with Gasteiger partial charge in [-0.25, -0.2) is 4.79 Å². The van der Waals surface area contributed by atoms with Crippen molar-refractivity contribution < 1.29 is 81.2 Å². The van der Waals surface area contributed by atoms with Crippen molar-refractivity contribution in [3.05, 3.63) is 24.2 Å². The van der Waals surface area contributed by atoms with Crippen LogP contribution in [0.5, 0.6) is 0 Å². The van der Waals surface area contributed by atoms with E-state index in [4.69, 9.17) is 47.0 Å². The summed E-state index contributed by atoms with van der Waals surface area (Å²) in [4.78, 5) is 68.3. The Kier molecular flexibility index (Phi) is 9.81. The molecule has 0 radical (unpaired) electrons. The van der Waals surface area contributed by atoms with E-state index in [9.17, 15) is 34.2 Å². The molecule has 16 atom stereocenters. The molecule has 17 heteroatoms. The maximum atomic E-state index is 14.1. The lowest BCUT2D eigenvalue weighted by Gasteiger charge is -2.69. The predicted octanol–water partition coefficient (Wildman–Crippen LogP) is 2.81. The Morgan fingerprint density at radius 1 is 0.877 bits per heavy atom. The summed E-state index contributed by atoms with van der Waals surface area (Å²) < 4.78 is 61.2. The van der Waals surface area contributed by atoms with Crippen LogP contribution in [0.1, 0.15) is 99.2 Å². The molecule has 0 aromatic carbocycles. The summed E-state index contributed by atoms with van der Waals surface area (Å²) >= 11 is 0. The second kappa shape index (κ2) is 13.5. The summed E-state index contributed by atoms with van der Waals surface area (Å²) in [5.41, 5.74) is -9.85. The van der Waals surface area contributed by atoms with Crippen molar-refractivity contribution in [1.82, 2.24) is 0 Å². The fourth-order valence-electron chi connectivity index (χ4n) is 11.9. The second-order valence-electron chi connectivity index (χ2n) is 17.6. The zero-order chi connectivity index (χ0) is 41.9. The first-order chi connectivity index (χ1) is 26.6. The topological polar surface area (TPSA) is 225 Å². The number of methoxy groups -OCH3 is 2. The SMILES string of the molecule is CCC(=O)OC1C(O)C(OC(=O)C2(C)OC2C)C2(C)CC3OC4(C)OC15C(CC(=O)OC)C(C)(C(OC(C)=O)c1ccoc1)CC(O)C5(O4)C3(C)C2CC(=O)OC. The van der Waals surface area contributed by atoms with E-state index in [1.165, 1.54) is 40.6 Å². The Hall–Kier alpha value is -3.61. The maximum Gasteiger partial charge on any atom is 0.341 e. The van der Waals surface area contributed by atoms with Crippen LogP contribution in [0, 0.1) is 28.1 Å². The second-order valence-corrected chi connectivity index (χ2v) is 17.6. The number of epoxide rings is 1. The van der Waals surface area contributed by atoms with Gasteiger partial charge in [0.15, 0.2) is 11.7 Å². The van der Waals surface area contributed by atoms with Crippen molar-refractivity contribution >= 4 is 29.8 Å². The minimum atomic E-state index is -2.32. The van der Waals surface area contributed by atoms with E-state index in [0.717, 1.165) is 0 Å². The number of fused-ring (bicyclic) bond motifs is 2. The van der Waals surface area contributed by atoms with E-state index >= 15 is 0 Å². The van der Waals surface area contributed by atoms with Crippen LogP contribution >= 0.6 is 0 Å². The Morgan fingerprint density at radius 2 is 1.51 bits per heavy atom. The Morgan fingerprint density at radius 3 is 2.05 bits per heavy atom. The average Bonchev–Trinajstić information content (AvgIpc) is 3.46. The smallest absolute Gasteiger partial charge is 0.341 e. The number of aliphatic hydroxyl groups excluding tert-OH is 2. The number of hydrogen-bond donors (Lipinski definition) is 2. The molecule has 7 rings (SSSR count). The van der Waals surface area contributed by atoms with Gasteiger partial charge in [0.05, 0.1) is 51.5 Å². The summed E-state index contributed by atoms with van der Waals surface area (Å²) in [6.07, 6.45) is -8.29. The van der Waals surface area contributed by atoms with Gasteiger partial charge in [0.1, 0.15) is 29.5 Å². The van der Waals surface area contributed by atoms with Gasteiger partial charge in [0.2, 0.25) is 0 Å². The molecule has 3 saturated heterocycles. The molecule has 3 aliphatic heterocycles. The summed E-state index contributed by atoms with van der Waals surface area (Å²) in [5, 5.41) is 26.4. The van der Waals surface area contributed by atoms with Crippen LogP contribution in [0.3, 0.4) is 0 Å². The zero-order valence-corrected chi connectivity index (χ0v) is 34.0. The number of hydrogen-bond acceptors (Lipinski definition) is 17. The van der Waals surface area contributed by atoms with Crippen molar-refractivity contribution in [1.29, 1.82) is 0 Å². The van der Waals surface area contributed by atoms with Gasteiger partial charge in [0, 0.05) is 54.4 Å². The molecule has 3 saturated carbocycles. The van der Waals surface area contributed by atoms with Gasteiger partial charge < -0.3 is 57.3 Å². The number of carbonyl (C=O) groups is 5. The van der Waals surface area contributed by atoms with E-state index in [-0.39, 0.29) is 25.7 Å². The molecular weight excluding hydrogens is 752 g/mol. The molecular formula is C40H54O17. The number of esters is 5. The Balaban J connectivity index is 1.59. The van der Waals surface area contributed by atoms with Crippen molar-refractivity contribution in [2.45, 2.75) is 153 Å². The minimum absolute atomic E-state index is 0.0264. The Labute approximate surface area is 330 Å². The van der Waals surface area contributed by atoms with Crippen LogP contribution in [-0.2, 0) is 66.6 Å². The summed E-state index contributed by atoms with van der Waals surface area (Å²) in [6, 6.07) is 1.57. The van der Waals surface area contributed by atoms with Gasteiger partial charge in [-0.2, -0.15) is 0 Å². The van der Waals surface area contributed by atoms with Crippen molar-refractivity contribution in [2.24, 2.45) is 28.1 Å². The third kappa shape index (κ3) is 5.51. The van der Waals surface area contributed by atoms with Crippen LogP contribution in [0.2, 0.25) is 0 Å². The highest BCUT2D eigenvalue weighted by atomic mass is 16.9. The summed E-state index contributed by atoms with van der Waals surface area (Å²) in [6.45, 7) is 12.7. The van der Waals surface area contributed by atoms with Crippen LogP contribution < -0.4 is 0 Å². The van der Waals surface area contributed by atoms with Crippen LogP contribution in [0.15, 0.2) is 23.0 Å². The Bertz CT molecular complexity index is 1820. The highest BCUT2D eigenvalue weighted by molar-refractivity contribution is 5.83. The summed E-state index contributed by atoms with van der Waals surface area (Å²) in [5.74, 6) is -8.08. The highest BCUT2D eigenvalue weighted by Gasteiger charge is 2.92. The lowest BCUT2D eigenvalue weighted by Crippen LogP contribution is -2.84. The van der Waals surface area contributed by atoms with E-state index in [0.29, 0.717) is 5.56 Å². The van der Waals surface area contributed by atoms with Gasteiger partial charge in [-0.1, -0.05) is 27.7 Å². The molecule has 1 aromatic rings. The largest absolute Gasteiger partial charge is 0.472 e. The number of ether oxygens (including phenoxy) is 9. The lowest BCUT2D eigenvalue weighted by molar-refractivity contribution is -0.416. The molecule has 6 fully saturated rings. The average molecular weight is 807 g/mol. The van der Waals surface area contributed by atoms with Crippen molar-refractivity contribution in [3.63, 3.8) is 0 Å². The van der Waals surface area contributed by atoms with E-state index in [2.05, 4.69) is 0 Å². The monoisotopic (exact) mass is 806 g/mol. The van der Waals surface area contributed by atoms with E-state index in [1.807, 2.05) is 0 Å². The third-order valence-electron chi connectivity index (χ3n) is 14.6. The molecule has 4 bridgehead atoms. The molecule has 16 unspecified atom stereocenters. The standard InChI is InChI=1S/C40H54O17/c1-11-26(43)52-32-29(46)31(53-33(47)37(7)19(2)54-37)35(5)17-25-36(6,22(35)14-27(44)48-9)40-24(42)16-34(4,30(51-20(3)41)21-12-13-50-18-21)23(15-28(45)49-10)39(32,40)56-38(8,55-25)57-40/h12-13,18-19,22-25,29-32,42,46H,11,14-17H2,1-10H3. The number of rotatable bonds is 11. The van der Waals surface area contributed by atoms with Crippen LogP contribution in [0.4, 0.5) is 0 Å². The first-order valence-electron chi connectivity index (χ1n) is 19.4. The zero-order valence-electron chi connectivity index (χ0n) is 34.0. The normalized spacial score (nSPS) is 46.8. The number of furan rings is 1. The predicted molar refractivity (Wildman–Crippen MR) is 189 cm³/mol. The van der Waals surface area contributed by atoms with Gasteiger partial charge in [-0.3, -0.25) is 19.2 Å². The number of carbonyl (C=O) groups excluding carboxylic acids is 5. The van der Waals surface area contributed by atoms with Gasteiger partial charge in [-0.15, -0.1) is 0 Å². The lowest BCUT2D eigenvalue weighted by atomic mass is 9.40. The molecule has 2 N–H and O–H groups in total. The molecule has 4 heterocycles. The van der Waals surface area contributed by atoms with Gasteiger partial charge >= 0.3 is 29.8 Å². The molecule has 57 heavy (non-hydrogen) atoms. The molecule has 3 aliphatic carbocycles. The molecule has 1 aromatic heterocycles. The first kappa shape index (κ1) is 41.5. The minimum Gasteiger partial charge on any atom is -0.472 e. The fraction of sp³-hybridized carbons (Fsp3) is 0.775. The molecule has 1 spiro atoms. The fourth-order valence-corrected chi connectivity index (χ4v) is 11.9. The summed E-state index contributed by atoms with van der Waals surface area (Å²) in [7, 11) is 2.41. The van der Waals surface area contributed by atoms with E-state index in [1.54, 1.807) is 47.6 Å². The van der Waals surface area contributed by atoms with Crippen LogP contribution in [0.25, 0.3) is 0 Å². The molecule has 0 amide bonds.